The Balaban J connectivity index is 2.98. The summed E-state index contributed by atoms with van der Waals surface area (Å²) >= 11 is 0. The van der Waals surface area contributed by atoms with Crippen LogP contribution >= 0.6 is 16.9 Å². The van der Waals surface area contributed by atoms with E-state index in [4.69, 9.17) is 0 Å². The van der Waals surface area contributed by atoms with E-state index in [0.29, 0.717) is 6.16 Å². The van der Waals surface area contributed by atoms with Gasteiger partial charge in [-0.15, -0.1) is 9.24 Å². The van der Waals surface area contributed by atoms with Crippen LogP contribution in [0.4, 0.5) is 0 Å². The van der Waals surface area contributed by atoms with Crippen LogP contribution < -0.4 is 0 Å². The van der Waals surface area contributed by atoms with Gasteiger partial charge >= 0.3 is 7.68 Å². The molecule has 0 radical (unpaired) electrons. The lowest BCUT2D eigenvalue weighted by molar-refractivity contribution is 0.514. The molecule has 0 amide bonds. The molecule has 2 nitrogen and oxygen atoms in total. The molecule has 0 rings (SSSR count). The van der Waals surface area contributed by atoms with Gasteiger partial charge in [-0.25, -0.2) is 9.13 Å². The Labute approximate surface area is 45.7 Å². The summed E-state index contributed by atoms with van der Waals surface area (Å²) in [6.07, 6.45) is 1.98. The van der Waals surface area contributed by atoms with Gasteiger partial charge in [-0.2, -0.15) is 0 Å². The largest absolute Gasteiger partial charge is 0.315 e. The Bertz CT molecular complexity index is 89.1. The van der Waals surface area contributed by atoms with E-state index in [0.717, 1.165) is 12.6 Å². The van der Waals surface area contributed by atoms with Crippen molar-refractivity contribution in [2.45, 2.75) is 6.42 Å². The van der Waals surface area contributed by atoms with Crippen LogP contribution in [0.25, 0.3) is 0 Å². The topological polar surface area (TPSA) is 34.1 Å². The van der Waals surface area contributed by atoms with Crippen LogP contribution in [-0.4, -0.2) is 12.3 Å². The molecule has 0 aromatic carbocycles. The average Bonchev–Trinajstić information content (AvgIpc) is 1.61. The molecule has 0 fully saturated rings. The van der Waals surface area contributed by atoms with Crippen LogP contribution in [0.5, 0.6) is 0 Å². The zero-order chi connectivity index (χ0) is 5.70. The normalized spacial score (nSPS) is 8.71. The van der Waals surface area contributed by atoms with Gasteiger partial charge < -0.3 is 0 Å². The summed E-state index contributed by atoms with van der Waals surface area (Å²) in [5.41, 5.74) is 0. The lowest BCUT2D eigenvalue weighted by Gasteiger charge is -1.78. The molecule has 0 aliphatic carbocycles. The van der Waals surface area contributed by atoms with Crippen molar-refractivity contribution >= 4 is 16.9 Å². The summed E-state index contributed by atoms with van der Waals surface area (Å²) in [4.78, 5) is 0. The molecule has 0 aliphatic heterocycles. The Kier molecular flexibility index (Phi) is 4.70. The van der Waals surface area contributed by atoms with E-state index in [1.807, 2.05) is 0 Å². The third-order valence-corrected chi connectivity index (χ3v) is 1.63. The Hall–Kier alpha value is 0.330. The highest BCUT2D eigenvalue weighted by Gasteiger charge is 1.86. The van der Waals surface area contributed by atoms with Gasteiger partial charge in [0.05, 0.1) is 6.16 Å². The zero-order valence-corrected chi connectivity index (χ0v) is 6.01. The molecule has 0 saturated heterocycles. The highest BCUT2D eigenvalue weighted by Crippen LogP contribution is 2.04. The monoisotopic (exact) mass is 138 g/mol. The van der Waals surface area contributed by atoms with Crippen molar-refractivity contribution in [2.24, 2.45) is 0 Å². The average molecular weight is 138 g/mol. The minimum absolute atomic E-state index is 0.332. The van der Waals surface area contributed by atoms with Crippen molar-refractivity contribution in [3.63, 3.8) is 0 Å². The van der Waals surface area contributed by atoms with E-state index in [1.165, 1.54) is 0 Å². The van der Waals surface area contributed by atoms with Crippen LogP contribution in [0.15, 0.2) is 0 Å². The van der Waals surface area contributed by atoms with Crippen LogP contribution in [0.2, 0.25) is 0 Å². The molecule has 0 spiro atoms. The summed E-state index contributed by atoms with van der Waals surface area (Å²) in [5, 5.41) is 0. The first-order chi connectivity index (χ1) is 3.27. The van der Waals surface area contributed by atoms with E-state index in [1.54, 1.807) is 0 Å². The summed E-state index contributed by atoms with van der Waals surface area (Å²) in [7, 11) is 0.358. The van der Waals surface area contributed by atoms with Gasteiger partial charge in [0.2, 0.25) is 0 Å². The lowest BCUT2D eigenvalue weighted by atomic mass is 10.6. The van der Waals surface area contributed by atoms with Crippen molar-refractivity contribution in [3.05, 3.63) is 0 Å². The molecule has 0 bridgehead atoms. The van der Waals surface area contributed by atoms with Crippen LogP contribution in [-0.2, 0) is 9.13 Å². The second kappa shape index (κ2) is 4.49. The Morgan fingerprint density at radius 2 is 2.00 bits per heavy atom. The molecule has 4 heteroatoms. The van der Waals surface area contributed by atoms with Gasteiger partial charge in [0.15, 0.2) is 0 Å². The minimum Gasteiger partial charge on any atom is -0.237 e. The fourth-order valence-corrected chi connectivity index (χ4v) is 1.21. The predicted octanol–water partition coefficient (Wildman–Crippen LogP) is 1.42. The highest BCUT2D eigenvalue weighted by atomic mass is 31.1. The van der Waals surface area contributed by atoms with Gasteiger partial charge in [0.25, 0.3) is 0 Å². The molecule has 7 heavy (non-hydrogen) atoms. The van der Waals surface area contributed by atoms with Gasteiger partial charge in [-0.05, 0) is 12.6 Å². The highest BCUT2D eigenvalue weighted by molar-refractivity contribution is 7.30. The second-order valence-corrected chi connectivity index (χ2v) is 2.89. The first kappa shape index (κ1) is 7.33. The maximum Gasteiger partial charge on any atom is 0.315 e. The summed E-state index contributed by atoms with van der Waals surface area (Å²) in [5.74, 6) is 0. The molecule has 0 saturated carbocycles. The first-order valence-electron chi connectivity index (χ1n) is 2.09. The van der Waals surface area contributed by atoms with E-state index in [9.17, 15) is 9.13 Å². The third-order valence-electron chi connectivity index (χ3n) is 0.545. The van der Waals surface area contributed by atoms with E-state index >= 15 is 0 Å². The Morgan fingerprint density at radius 3 is 2.14 bits per heavy atom. The molecule has 0 aromatic rings. The van der Waals surface area contributed by atoms with E-state index in [-0.39, 0.29) is 0 Å². The SMILES string of the molecule is O=P(=O)CCCP. The van der Waals surface area contributed by atoms with E-state index in [2.05, 4.69) is 9.24 Å². The molecule has 0 aromatic heterocycles. The molecule has 1 unspecified atom stereocenters. The quantitative estimate of drug-likeness (QED) is 0.552. The summed E-state index contributed by atoms with van der Waals surface area (Å²) in [6.45, 7) is 0. The number of rotatable bonds is 3. The van der Waals surface area contributed by atoms with Crippen molar-refractivity contribution in [2.75, 3.05) is 12.3 Å². The molecule has 0 aliphatic rings. The first-order valence-corrected chi connectivity index (χ1v) is 4.27. The van der Waals surface area contributed by atoms with Gasteiger partial charge in [-0.1, -0.05) is 0 Å². The fraction of sp³-hybridized carbons (Fsp3) is 1.00. The standard InChI is InChI=1S/C3H8O2P2/c4-7(5)3-1-2-6/h1-3,6H2. The summed E-state index contributed by atoms with van der Waals surface area (Å²) < 4.78 is 19.6. The molecular weight excluding hydrogens is 130 g/mol. The number of hydrogen-bond acceptors (Lipinski definition) is 2. The maximum atomic E-state index is 9.79. The Morgan fingerprint density at radius 1 is 1.43 bits per heavy atom. The molecule has 1 atom stereocenters. The molecule has 0 heterocycles. The third kappa shape index (κ3) is 6.33. The molecular formula is C3H8O2P2. The van der Waals surface area contributed by atoms with Crippen molar-refractivity contribution < 1.29 is 9.13 Å². The van der Waals surface area contributed by atoms with Crippen LogP contribution in [0.1, 0.15) is 6.42 Å². The van der Waals surface area contributed by atoms with Crippen LogP contribution in [0, 0.1) is 0 Å². The maximum absolute atomic E-state index is 9.79. The summed E-state index contributed by atoms with van der Waals surface area (Å²) in [6, 6.07) is 0. The van der Waals surface area contributed by atoms with Crippen molar-refractivity contribution in [1.29, 1.82) is 0 Å². The van der Waals surface area contributed by atoms with Crippen molar-refractivity contribution in [3.8, 4) is 0 Å². The lowest BCUT2D eigenvalue weighted by Crippen LogP contribution is -1.72. The minimum atomic E-state index is -2.12. The van der Waals surface area contributed by atoms with Crippen LogP contribution in [0.3, 0.4) is 0 Å². The van der Waals surface area contributed by atoms with Gasteiger partial charge in [0.1, 0.15) is 0 Å². The van der Waals surface area contributed by atoms with E-state index < -0.39 is 7.68 Å². The smallest absolute Gasteiger partial charge is 0.237 e. The second-order valence-electron chi connectivity index (χ2n) is 1.20. The van der Waals surface area contributed by atoms with Crippen molar-refractivity contribution in [1.82, 2.24) is 0 Å². The molecule has 42 valence electrons. The molecule has 0 N–H and O–H groups in total. The number of hydrogen-bond donors (Lipinski definition) is 0. The fourth-order valence-electron chi connectivity index (χ4n) is 0.220. The predicted molar refractivity (Wildman–Crippen MR) is 32.4 cm³/mol. The van der Waals surface area contributed by atoms with Gasteiger partial charge in [-0.3, -0.25) is 0 Å². The zero-order valence-electron chi connectivity index (χ0n) is 3.96. The van der Waals surface area contributed by atoms with Gasteiger partial charge in [0, 0.05) is 0 Å².